The van der Waals surface area contributed by atoms with Gasteiger partial charge in [0.15, 0.2) is 11.4 Å². The molecular weight excluding hydrogens is 707 g/mol. The van der Waals surface area contributed by atoms with E-state index in [0.29, 0.717) is 32.8 Å². The van der Waals surface area contributed by atoms with Crippen LogP contribution < -0.4 is 11.1 Å². The molecule has 50 heavy (non-hydrogen) atoms. The first-order valence-corrected chi connectivity index (χ1v) is 18.4. The maximum absolute atomic E-state index is 13.6. The van der Waals surface area contributed by atoms with E-state index in [2.05, 4.69) is 15.3 Å². The summed E-state index contributed by atoms with van der Waals surface area (Å²) >= 11 is 3.73. The number of rotatable bonds is 8. The molecule has 2 amide bonds. The van der Waals surface area contributed by atoms with Gasteiger partial charge in [-0.25, -0.2) is 29.3 Å². The summed E-state index contributed by atoms with van der Waals surface area (Å²) in [5, 5.41) is 9.56. The average Bonchev–Trinajstić information content (AvgIpc) is 3.85. The SMILES string of the molecule is COC(=O)c1csc(C2=N[C@@H](c3csc([C@@H]4[C@@H](C)OC(C)(C)N4C(=O)OC(C)(C)C)n3)[C@](NC(=O)[C@H](C)N)(c3nc(C(=O)OC)cs3)CC2)n1. The maximum atomic E-state index is 13.6. The van der Waals surface area contributed by atoms with Gasteiger partial charge in [-0.2, -0.15) is 0 Å². The summed E-state index contributed by atoms with van der Waals surface area (Å²) in [6, 6.07) is -2.39. The molecular formula is C32H41N7O8S3. The molecule has 1 fully saturated rings. The summed E-state index contributed by atoms with van der Waals surface area (Å²) in [5.74, 6) is -1.67. The van der Waals surface area contributed by atoms with Crippen LogP contribution >= 0.6 is 34.0 Å². The van der Waals surface area contributed by atoms with Gasteiger partial charge in [0.05, 0.1) is 37.8 Å². The number of carbonyl (C=O) groups is 4. The van der Waals surface area contributed by atoms with Gasteiger partial charge in [-0.1, -0.05) is 0 Å². The molecule has 0 aliphatic carbocycles. The second kappa shape index (κ2) is 14.1. The molecule has 0 aromatic carbocycles. The van der Waals surface area contributed by atoms with Crippen molar-refractivity contribution in [1.82, 2.24) is 25.2 Å². The molecule has 0 spiro atoms. The fraction of sp³-hybridized carbons (Fsp3) is 0.562. The van der Waals surface area contributed by atoms with Gasteiger partial charge in [-0.3, -0.25) is 14.7 Å². The van der Waals surface area contributed by atoms with Gasteiger partial charge in [0.1, 0.15) is 44.0 Å². The molecule has 270 valence electrons. The lowest BCUT2D eigenvalue weighted by Crippen LogP contribution is -2.55. The highest BCUT2D eigenvalue weighted by atomic mass is 32.1. The van der Waals surface area contributed by atoms with Crippen molar-refractivity contribution in [2.75, 3.05) is 14.2 Å². The summed E-state index contributed by atoms with van der Waals surface area (Å²) in [5.41, 5.74) is 4.27. The Bertz CT molecular complexity index is 1810. The Kier molecular flexibility index (Phi) is 10.5. The minimum Gasteiger partial charge on any atom is -0.464 e. The van der Waals surface area contributed by atoms with Crippen molar-refractivity contribution < 1.29 is 38.1 Å². The quantitative estimate of drug-likeness (QED) is 0.237. The molecule has 1 saturated heterocycles. The van der Waals surface area contributed by atoms with E-state index >= 15 is 0 Å². The number of nitrogens with zero attached hydrogens (tertiary/aromatic N) is 5. The minimum atomic E-state index is -1.30. The fourth-order valence-corrected chi connectivity index (χ4v) is 8.76. The lowest BCUT2D eigenvalue weighted by atomic mass is 9.80. The van der Waals surface area contributed by atoms with Crippen molar-refractivity contribution in [2.45, 2.75) is 102 Å². The number of methoxy groups -OCH3 is 2. The number of aromatic nitrogens is 3. The van der Waals surface area contributed by atoms with Crippen molar-refractivity contribution in [3.05, 3.63) is 48.2 Å². The normalized spacial score (nSPS) is 23.9. The number of aliphatic imine (C=N–C) groups is 1. The van der Waals surface area contributed by atoms with Crippen LogP contribution in [0.2, 0.25) is 0 Å². The lowest BCUT2D eigenvalue weighted by Gasteiger charge is -2.41. The van der Waals surface area contributed by atoms with Gasteiger partial charge >= 0.3 is 18.0 Å². The van der Waals surface area contributed by atoms with E-state index in [1.165, 1.54) is 48.2 Å². The second-order valence-electron chi connectivity index (χ2n) is 13.5. The first-order valence-electron chi connectivity index (χ1n) is 15.8. The van der Waals surface area contributed by atoms with Crippen molar-refractivity contribution in [3.63, 3.8) is 0 Å². The molecule has 5 rings (SSSR count). The zero-order valence-electron chi connectivity index (χ0n) is 29.3. The Morgan fingerprint density at radius 2 is 1.66 bits per heavy atom. The number of ether oxygens (including phenoxy) is 4. The van der Waals surface area contributed by atoms with Gasteiger partial charge in [0.2, 0.25) is 5.91 Å². The third kappa shape index (κ3) is 7.30. The van der Waals surface area contributed by atoms with Gasteiger partial charge in [-0.15, -0.1) is 34.0 Å². The Hall–Kier alpha value is -3.84. The Morgan fingerprint density at radius 1 is 1.02 bits per heavy atom. The molecule has 0 saturated carbocycles. The van der Waals surface area contributed by atoms with E-state index in [-0.39, 0.29) is 17.8 Å². The number of hydrogen-bond acceptors (Lipinski definition) is 16. The van der Waals surface area contributed by atoms with E-state index in [4.69, 9.17) is 34.7 Å². The topological polar surface area (TPSA) is 198 Å². The number of esters is 2. The monoisotopic (exact) mass is 747 g/mol. The second-order valence-corrected chi connectivity index (χ2v) is 16.1. The first kappa shape index (κ1) is 37.4. The van der Waals surface area contributed by atoms with Crippen LogP contribution in [0, 0.1) is 0 Å². The lowest BCUT2D eigenvalue weighted by molar-refractivity contribution is -0.124. The largest absolute Gasteiger partial charge is 0.464 e. The van der Waals surface area contributed by atoms with Crippen molar-refractivity contribution in [1.29, 1.82) is 0 Å². The predicted molar refractivity (Wildman–Crippen MR) is 186 cm³/mol. The van der Waals surface area contributed by atoms with Gasteiger partial charge < -0.3 is 30.0 Å². The molecule has 18 heteroatoms. The van der Waals surface area contributed by atoms with Gasteiger partial charge in [-0.05, 0) is 61.3 Å². The third-order valence-corrected chi connectivity index (χ3v) is 11.0. The molecule has 0 radical (unpaired) electrons. The van der Waals surface area contributed by atoms with Crippen molar-refractivity contribution >= 4 is 63.7 Å². The summed E-state index contributed by atoms with van der Waals surface area (Å²) in [6.07, 6.45) is -0.405. The third-order valence-electron chi connectivity index (χ3n) is 8.13. The maximum Gasteiger partial charge on any atom is 0.413 e. The van der Waals surface area contributed by atoms with Crippen LogP contribution in [0.5, 0.6) is 0 Å². The Balaban J connectivity index is 1.67. The summed E-state index contributed by atoms with van der Waals surface area (Å²) in [4.78, 5) is 72.6. The highest BCUT2D eigenvalue weighted by Crippen LogP contribution is 2.49. The molecule has 3 aromatic heterocycles. The highest BCUT2D eigenvalue weighted by molar-refractivity contribution is 7.12. The summed E-state index contributed by atoms with van der Waals surface area (Å²) in [7, 11) is 2.54. The van der Waals surface area contributed by atoms with Crippen molar-refractivity contribution in [3.8, 4) is 0 Å². The molecule has 15 nitrogen and oxygen atoms in total. The van der Waals surface area contributed by atoms with Crippen molar-refractivity contribution in [2.24, 2.45) is 10.7 Å². The van der Waals surface area contributed by atoms with Crippen LogP contribution in [-0.4, -0.2) is 87.2 Å². The zero-order chi connectivity index (χ0) is 36.8. The first-order chi connectivity index (χ1) is 23.4. The van der Waals surface area contributed by atoms with Crippen LogP contribution in [0.4, 0.5) is 4.79 Å². The standard InChI is InChI=1S/C32H41N7O8S3/c1-15(33)23(40)38-32(28-37-20(14-50-28)27(42)45-9)11-10-17(24-36-19(13-48-24)26(41)44-8)34-22(32)18-12-49-25(35-18)21-16(2)46-31(6,7)39(21)29(43)47-30(3,4)5/h12-16,21-22H,10-11,33H2,1-9H3,(H,38,40)/t15-,16+,21-,22-,32-/m0/s1. The average molecular weight is 748 g/mol. The van der Waals surface area contributed by atoms with E-state index in [0.717, 1.165) is 0 Å². The molecule has 3 aromatic rings. The number of nitrogens with two attached hydrogens (primary N) is 1. The fourth-order valence-electron chi connectivity index (χ4n) is 5.93. The van der Waals surface area contributed by atoms with Gasteiger partial charge in [0.25, 0.3) is 0 Å². The molecule has 5 atom stereocenters. The molecule has 2 aliphatic heterocycles. The minimum absolute atomic E-state index is 0.0734. The Morgan fingerprint density at radius 3 is 2.28 bits per heavy atom. The summed E-state index contributed by atoms with van der Waals surface area (Å²) in [6.45, 7) is 12.4. The van der Waals surface area contributed by atoms with Crippen LogP contribution in [0.15, 0.2) is 21.1 Å². The number of carbonyl (C=O) groups excluding carboxylic acids is 4. The van der Waals surface area contributed by atoms with Crippen LogP contribution in [-0.2, 0) is 29.3 Å². The molecule has 5 heterocycles. The molecule has 2 aliphatic rings. The molecule has 3 N–H and O–H groups in total. The zero-order valence-corrected chi connectivity index (χ0v) is 31.7. The van der Waals surface area contributed by atoms with E-state index in [1.807, 2.05) is 12.3 Å². The number of hydrogen-bond donors (Lipinski definition) is 2. The number of amides is 2. The van der Waals surface area contributed by atoms with Crippen LogP contribution in [0.25, 0.3) is 0 Å². The summed E-state index contributed by atoms with van der Waals surface area (Å²) < 4.78 is 21.8. The Labute approximate surface area is 301 Å². The van der Waals surface area contributed by atoms with Crippen LogP contribution in [0.1, 0.15) is 115 Å². The van der Waals surface area contributed by atoms with Gasteiger partial charge in [0, 0.05) is 16.1 Å². The number of thiazole rings is 3. The van der Waals surface area contributed by atoms with E-state index < -0.39 is 65.0 Å². The number of nitrogens with one attached hydrogen (secondary N) is 1. The predicted octanol–water partition coefficient (Wildman–Crippen LogP) is 4.75. The molecule has 0 bridgehead atoms. The van der Waals surface area contributed by atoms with E-state index in [1.54, 1.807) is 57.2 Å². The van der Waals surface area contributed by atoms with Crippen LogP contribution in [0.3, 0.4) is 0 Å². The molecule has 0 unspecified atom stereocenters. The van der Waals surface area contributed by atoms with E-state index in [9.17, 15) is 19.2 Å². The highest BCUT2D eigenvalue weighted by Gasteiger charge is 2.53. The smallest absolute Gasteiger partial charge is 0.413 e.